The van der Waals surface area contributed by atoms with Gasteiger partial charge in [-0.1, -0.05) is 111 Å². The molecule has 10 rings (SSSR count). The smallest absolute Gasteiger partial charge is 0.0726 e. The molecule has 2 atom stereocenters. The zero-order valence-electron chi connectivity index (χ0n) is 53.1. The van der Waals surface area contributed by atoms with E-state index in [9.17, 15) is 0 Å². The Morgan fingerprint density at radius 3 is 1.26 bits per heavy atom. The molecule has 0 aliphatic carbocycles. The number of aryl methyl sites for hydroxylation is 4. The van der Waals surface area contributed by atoms with Gasteiger partial charge in [-0.15, -0.1) is 0 Å². The normalized spacial score (nSPS) is 18.2. The number of fused-ring (bicyclic) bond motifs is 14. The van der Waals surface area contributed by atoms with Crippen LogP contribution in [0.25, 0.3) is 56.5 Å². The second-order valence-electron chi connectivity index (χ2n) is 23.1. The van der Waals surface area contributed by atoms with Crippen LogP contribution in [0.4, 0.5) is 0 Å². The van der Waals surface area contributed by atoms with Gasteiger partial charge in [0.25, 0.3) is 0 Å². The Morgan fingerprint density at radius 2 is 0.805 bits per heavy atom. The molecule has 0 spiro atoms. The third kappa shape index (κ3) is 9.84. The average Bonchev–Trinajstić information content (AvgIpc) is 4.54. The molecule has 0 amide bonds. The minimum absolute atomic E-state index is 0.0870. The van der Waals surface area contributed by atoms with E-state index in [0.717, 1.165) is 161 Å². The molecule has 4 aromatic heterocycles. The highest BCUT2D eigenvalue weighted by atomic mass is 15.0. The summed E-state index contributed by atoms with van der Waals surface area (Å²) in [5.41, 5.74) is 38.2. The highest BCUT2D eigenvalue weighted by molar-refractivity contribution is 6.25. The molecule has 6 aliphatic heterocycles. The Balaban J connectivity index is 1.33. The van der Waals surface area contributed by atoms with Gasteiger partial charge in [0.15, 0.2) is 0 Å². The Labute approximate surface area is 491 Å². The van der Waals surface area contributed by atoms with E-state index in [0.29, 0.717) is 0 Å². The van der Waals surface area contributed by atoms with Crippen molar-refractivity contribution in [3.05, 3.63) is 147 Å². The molecule has 8 heteroatoms. The minimum Gasteiger partial charge on any atom is -0.355 e. The van der Waals surface area contributed by atoms with Gasteiger partial charge in [-0.25, -0.2) is 20.0 Å². The van der Waals surface area contributed by atoms with Gasteiger partial charge in [0.2, 0.25) is 0 Å². The lowest BCUT2D eigenvalue weighted by Gasteiger charge is -2.17. The van der Waals surface area contributed by atoms with Gasteiger partial charge in [-0.3, -0.25) is 5.32 Å². The maximum absolute atomic E-state index is 5.96. The fraction of sp³-hybridized carbons (Fsp3) is 0.486. The van der Waals surface area contributed by atoms with Gasteiger partial charge in [-0.05, 0) is 241 Å². The molecule has 432 valence electrons. The van der Waals surface area contributed by atoms with Crippen LogP contribution in [-0.2, 0) is 44.9 Å². The molecule has 0 radical (unpaired) electrons. The van der Waals surface area contributed by atoms with Crippen LogP contribution in [0.15, 0.2) is 84.7 Å². The zero-order valence-corrected chi connectivity index (χ0v) is 53.1. The van der Waals surface area contributed by atoms with Gasteiger partial charge in [0, 0.05) is 56.0 Å². The first-order valence-electron chi connectivity index (χ1n) is 32.7. The molecule has 0 aromatic carbocycles. The zero-order chi connectivity index (χ0) is 58.3. The maximum Gasteiger partial charge on any atom is 0.0726 e. The van der Waals surface area contributed by atoms with Crippen LogP contribution < -0.4 is 16.0 Å². The van der Waals surface area contributed by atoms with Crippen LogP contribution >= 0.6 is 0 Å². The van der Waals surface area contributed by atoms with Crippen molar-refractivity contribution in [3.63, 3.8) is 0 Å². The van der Waals surface area contributed by atoms with Crippen molar-refractivity contribution in [1.29, 1.82) is 0 Å². The lowest BCUT2D eigenvalue weighted by atomic mass is 9.86. The van der Waals surface area contributed by atoms with Gasteiger partial charge in [0.05, 0.1) is 45.6 Å². The number of aromatic amines is 3. The number of nitrogens with one attached hydrogen (secondary N) is 4. The largest absolute Gasteiger partial charge is 0.355 e. The highest BCUT2D eigenvalue weighted by Crippen LogP contribution is 2.46. The second kappa shape index (κ2) is 24.8. The molecular formula is C74H96N8. The van der Waals surface area contributed by atoms with Crippen molar-refractivity contribution < 1.29 is 0 Å². The first-order chi connectivity index (χ1) is 39.9. The number of allylic oxidation sites excluding steroid dienone is 9. The summed E-state index contributed by atoms with van der Waals surface area (Å²) >= 11 is 0. The number of aromatic nitrogens is 5. The molecule has 2 unspecified atom stereocenters. The number of hydrogen-bond acceptors (Lipinski definition) is 5. The van der Waals surface area contributed by atoms with Gasteiger partial charge in [0.1, 0.15) is 0 Å². The molecule has 8 nitrogen and oxygen atoms in total. The fourth-order valence-corrected chi connectivity index (χ4v) is 15.7. The standard InChI is InChI=1S/C74H96N8/c1-17-41-45(21-5)63-37-67-49(25-9)53(29-13)71(79-67)57(72-54(30-14)50(26-10)68(80-72)38-64-46(22-6)42(18-2)60(76-64)35-59(41)75-63)33-34-58-73-55(31-15)51(27-11)69(81-73)39-65-47(23-7)43(19-3)61(77-65)36-62-44(20-4)48(24-8)66(78-62)40-70-52(28-12)56(32-16)74(58)82-70/h35-40,59,63,75-78H,17-34H2,1-16H3. The quantitative estimate of drug-likeness (QED) is 0.0702. The minimum atomic E-state index is 0.0870. The van der Waals surface area contributed by atoms with E-state index < -0.39 is 0 Å². The fourth-order valence-electron chi connectivity index (χ4n) is 15.7. The molecule has 6 aliphatic rings. The number of aliphatic imine (C=N–C) groups is 2. The van der Waals surface area contributed by atoms with E-state index in [2.05, 4.69) is 167 Å². The van der Waals surface area contributed by atoms with E-state index in [1.54, 1.807) is 0 Å². The van der Waals surface area contributed by atoms with Crippen LogP contribution in [0, 0.1) is 0 Å². The van der Waals surface area contributed by atoms with Crippen molar-refractivity contribution in [1.82, 2.24) is 30.2 Å². The lowest BCUT2D eigenvalue weighted by molar-refractivity contribution is 0.680. The van der Waals surface area contributed by atoms with E-state index in [-0.39, 0.29) is 12.1 Å². The molecule has 10 heterocycles. The number of H-pyrrole nitrogens is 3. The summed E-state index contributed by atoms with van der Waals surface area (Å²) in [6, 6.07) is 7.40. The van der Waals surface area contributed by atoms with Gasteiger partial charge in [-0.2, -0.15) is 0 Å². The Kier molecular flexibility index (Phi) is 17.8. The first kappa shape index (κ1) is 58.8. The third-order valence-electron chi connectivity index (χ3n) is 19.4. The monoisotopic (exact) mass is 1100 g/mol. The highest BCUT2D eigenvalue weighted by Gasteiger charge is 2.35. The summed E-state index contributed by atoms with van der Waals surface area (Å²) in [6.45, 7) is 37.2. The van der Waals surface area contributed by atoms with Crippen LogP contribution in [0.3, 0.4) is 0 Å². The average molecular weight is 1100 g/mol. The van der Waals surface area contributed by atoms with Crippen molar-refractivity contribution >= 4 is 67.9 Å². The number of nitrogens with zero attached hydrogens (tertiary/aromatic N) is 4. The van der Waals surface area contributed by atoms with E-state index in [1.807, 2.05) is 0 Å². The maximum atomic E-state index is 5.96. The third-order valence-corrected chi connectivity index (χ3v) is 19.4. The molecule has 0 fully saturated rings. The second-order valence-corrected chi connectivity index (χ2v) is 23.1. The Morgan fingerprint density at radius 1 is 0.354 bits per heavy atom. The van der Waals surface area contributed by atoms with Crippen LogP contribution in [-0.4, -0.2) is 48.4 Å². The van der Waals surface area contributed by atoms with Crippen molar-refractivity contribution in [2.45, 2.75) is 238 Å². The van der Waals surface area contributed by atoms with E-state index >= 15 is 0 Å². The van der Waals surface area contributed by atoms with Crippen LogP contribution in [0.5, 0.6) is 0 Å². The summed E-state index contributed by atoms with van der Waals surface area (Å²) in [5, 5.41) is 6.61. The molecule has 0 saturated carbocycles. The topological polar surface area (TPSA) is 110 Å². The van der Waals surface area contributed by atoms with Gasteiger partial charge < -0.3 is 15.0 Å². The van der Waals surface area contributed by atoms with Crippen molar-refractivity contribution in [2.24, 2.45) is 9.98 Å². The number of rotatable bonds is 19. The first-order valence-corrected chi connectivity index (χ1v) is 32.7. The molecule has 0 saturated heterocycles. The summed E-state index contributed by atoms with van der Waals surface area (Å²) < 4.78 is 0. The molecule has 16 bridgehead atoms. The Hall–Kier alpha value is -6.38. The van der Waals surface area contributed by atoms with Crippen LogP contribution in [0.2, 0.25) is 0 Å². The predicted molar refractivity (Wildman–Crippen MR) is 353 cm³/mol. The summed E-state index contributed by atoms with van der Waals surface area (Å²) in [6.07, 6.45) is 23.7. The molecule has 4 aromatic rings. The predicted octanol–water partition coefficient (Wildman–Crippen LogP) is 17.4. The summed E-state index contributed by atoms with van der Waals surface area (Å²) in [5.74, 6) is 0. The lowest BCUT2D eigenvalue weighted by Crippen LogP contribution is -2.32. The molecular weight excluding hydrogens is 1000 g/mol. The van der Waals surface area contributed by atoms with Crippen molar-refractivity contribution in [2.75, 3.05) is 0 Å². The molecule has 4 N–H and O–H groups in total. The number of hydrogen-bond donors (Lipinski definition) is 4. The summed E-state index contributed by atoms with van der Waals surface area (Å²) in [4.78, 5) is 35.8. The van der Waals surface area contributed by atoms with E-state index in [4.69, 9.17) is 20.0 Å². The molecule has 82 heavy (non-hydrogen) atoms. The van der Waals surface area contributed by atoms with Gasteiger partial charge >= 0.3 is 0 Å². The van der Waals surface area contributed by atoms with Crippen molar-refractivity contribution in [3.8, 4) is 0 Å². The van der Waals surface area contributed by atoms with E-state index in [1.165, 1.54) is 133 Å². The summed E-state index contributed by atoms with van der Waals surface area (Å²) in [7, 11) is 0. The van der Waals surface area contributed by atoms with Crippen LogP contribution in [0.1, 0.15) is 243 Å². The SMILES string of the molecule is CCC1=C(CC)C2=NC1=CC1NC(C=c3[nH]c(c(CC)c3CC)=CC3=NC(=C2CCc2c4nc(cc5[nH]c(cc6[nH]c(cc7nc2C(CC)=C7CC)c(CC)c6CC)c(CC)c5CC)C(CC)=C4CC)C(CC)=C3CC)C(CC)=C1CC. The Bertz CT molecular complexity index is 3720.